The number of hydrogen-bond donors (Lipinski definition) is 6. The van der Waals surface area contributed by atoms with E-state index in [1.165, 1.54) is 24.4 Å². The van der Waals surface area contributed by atoms with Crippen LogP contribution in [0.15, 0.2) is 117 Å². The summed E-state index contributed by atoms with van der Waals surface area (Å²) in [6, 6.07) is 20.1. The van der Waals surface area contributed by atoms with Crippen LogP contribution in [0, 0.1) is 17.2 Å². The minimum Gasteiger partial charge on any atom is -0.390 e. The number of benzene rings is 4. The second-order valence-corrected chi connectivity index (χ2v) is 16.1. The minimum absolute atomic E-state index is 0.0116. The molecule has 360 valence electrons. The van der Waals surface area contributed by atoms with E-state index in [0.717, 1.165) is 12.6 Å². The highest BCUT2D eigenvalue weighted by Gasteiger charge is 2.30. The second-order valence-electron chi connectivity index (χ2n) is 15.7. The molecular formula is C49H52ClF2N11O6. The molecule has 4 aromatic carbocycles. The van der Waals surface area contributed by atoms with Crippen molar-refractivity contribution in [3.8, 4) is 0 Å². The van der Waals surface area contributed by atoms with Crippen molar-refractivity contribution in [1.82, 2.24) is 20.9 Å². The smallest absolute Gasteiger partial charge is 0.243 e. The zero-order valence-corrected chi connectivity index (χ0v) is 38.5. The van der Waals surface area contributed by atoms with Gasteiger partial charge in [0.1, 0.15) is 23.6 Å². The average molecular weight is 964 g/mol. The van der Waals surface area contributed by atoms with Crippen LogP contribution in [0.25, 0.3) is 5.70 Å². The minimum atomic E-state index is -0.770. The van der Waals surface area contributed by atoms with Gasteiger partial charge in [0.25, 0.3) is 0 Å². The summed E-state index contributed by atoms with van der Waals surface area (Å²) in [6.07, 6.45) is 5.80. The Kier molecular flexibility index (Phi) is 19.2. The topological polar surface area (TPSA) is 237 Å². The summed E-state index contributed by atoms with van der Waals surface area (Å²) in [6.45, 7) is 3.18. The van der Waals surface area contributed by atoms with Crippen molar-refractivity contribution in [1.29, 1.82) is 5.53 Å². The van der Waals surface area contributed by atoms with Crippen LogP contribution in [-0.2, 0) is 30.4 Å². The van der Waals surface area contributed by atoms with Crippen LogP contribution in [-0.4, -0.2) is 112 Å². The number of likely N-dealkylation sites (N-methyl/N-ethyl adjacent to an activating group) is 1. The number of nitrogens with two attached hydrogens (primary N) is 1. The standard InChI is InChI=1S/C49H52ClF2N11O6/c1-63(43-13-14-44(65)61-49(43)67)28-33-23-37(11-7-32(33)29-64)59-45(66)15-16-55-17-19-68-21-22-69-20-18-56-27-42(62-54)31-5-9-36(10-6-31)60-47-34(25-57-30-53)26-58-48(39-24-35(50)8-12-38(39)47)46-40(51)3-2-4-41(46)52/h2-12,23-25,27,29-30,43,54-56H,13-22,26,28H2,1H3,(H2,53,57)(H,59,66)(H,61,65,67)/b34-25-,42-27-,60-47+,62-54?. The lowest BCUT2D eigenvalue weighted by atomic mass is 9.93. The number of halogens is 3. The molecule has 0 radical (unpaired) electrons. The van der Waals surface area contributed by atoms with Crippen LogP contribution in [0.5, 0.6) is 0 Å². The third-order valence-corrected chi connectivity index (χ3v) is 11.1. The first-order valence-electron chi connectivity index (χ1n) is 22.0. The van der Waals surface area contributed by atoms with Gasteiger partial charge in [-0.05, 0) is 73.6 Å². The van der Waals surface area contributed by atoms with Crippen molar-refractivity contribution in [2.24, 2.45) is 25.8 Å². The maximum atomic E-state index is 15.1. The largest absolute Gasteiger partial charge is 0.390 e. The average Bonchev–Trinajstić information content (AvgIpc) is 3.47. The Labute approximate surface area is 402 Å². The summed E-state index contributed by atoms with van der Waals surface area (Å²) >= 11 is 6.39. The Balaban J connectivity index is 0.902. The number of aliphatic imine (C=N–C) groups is 3. The molecule has 0 aromatic heterocycles. The lowest BCUT2D eigenvalue weighted by Gasteiger charge is -2.30. The Morgan fingerprint density at radius 2 is 1.74 bits per heavy atom. The molecule has 0 aliphatic carbocycles. The number of amides is 3. The fourth-order valence-electron chi connectivity index (χ4n) is 7.47. The zero-order valence-electron chi connectivity index (χ0n) is 37.8. The number of hydrogen-bond acceptors (Lipinski definition) is 14. The predicted octanol–water partition coefficient (Wildman–Crippen LogP) is 6.08. The quantitative estimate of drug-likeness (QED) is 0.0125. The van der Waals surface area contributed by atoms with Crippen LogP contribution in [0.3, 0.4) is 0 Å². The first-order valence-corrected chi connectivity index (χ1v) is 22.4. The van der Waals surface area contributed by atoms with Crippen LogP contribution in [0.2, 0.25) is 5.02 Å². The van der Waals surface area contributed by atoms with Crippen LogP contribution >= 0.6 is 11.6 Å². The third-order valence-electron chi connectivity index (χ3n) is 10.9. The van der Waals surface area contributed by atoms with Gasteiger partial charge in [-0.15, -0.1) is 0 Å². The van der Waals surface area contributed by atoms with E-state index in [1.54, 1.807) is 78.8 Å². The lowest BCUT2D eigenvalue weighted by molar-refractivity contribution is -0.137. The van der Waals surface area contributed by atoms with E-state index >= 15 is 8.78 Å². The summed E-state index contributed by atoms with van der Waals surface area (Å²) in [5.74, 6) is -2.42. The molecule has 4 aromatic rings. The van der Waals surface area contributed by atoms with Gasteiger partial charge in [0.15, 0.2) is 0 Å². The molecule has 1 unspecified atom stereocenters. The Bertz CT molecular complexity index is 2650. The fourth-order valence-corrected chi connectivity index (χ4v) is 7.64. The molecule has 20 heteroatoms. The van der Waals surface area contributed by atoms with Crippen LogP contribution in [0.4, 0.5) is 20.2 Å². The number of imide groups is 1. The number of ether oxygens (including phenoxy) is 2. The molecule has 0 bridgehead atoms. The molecule has 7 N–H and O–H groups in total. The SMILES string of the molecule is CN(Cc1cc(NC(=O)CCNCCOCCOCCN/C=C(\N=N)c2ccc(\N=C3/C(=C\N=C\N)CN=C(c4c(F)cccc4F)c4cc(Cl)ccc43)cc2)ccc1C=O)C1CCC(=O)NC1=O. The van der Waals surface area contributed by atoms with E-state index in [-0.39, 0.29) is 54.9 Å². The zero-order chi connectivity index (χ0) is 49.1. The number of anilines is 1. The van der Waals surface area contributed by atoms with E-state index in [0.29, 0.717) is 114 Å². The van der Waals surface area contributed by atoms with Gasteiger partial charge in [-0.3, -0.25) is 34.4 Å². The lowest BCUT2D eigenvalue weighted by Crippen LogP contribution is -2.51. The summed E-state index contributed by atoms with van der Waals surface area (Å²) in [5.41, 5.74) is 18.2. The van der Waals surface area contributed by atoms with E-state index in [4.69, 9.17) is 37.3 Å². The molecule has 6 rings (SSSR count). The predicted molar refractivity (Wildman–Crippen MR) is 260 cm³/mol. The molecule has 0 spiro atoms. The van der Waals surface area contributed by atoms with Crippen LogP contribution in [0.1, 0.15) is 57.4 Å². The number of piperidine rings is 1. The number of nitrogens with zero attached hydrogens (tertiary/aromatic N) is 5. The molecule has 1 saturated heterocycles. The van der Waals surface area contributed by atoms with Gasteiger partial charge < -0.3 is 31.2 Å². The van der Waals surface area contributed by atoms with Crippen LogP contribution < -0.4 is 27.0 Å². The first-order chi connectivity index (χ1) is 33.5. The van der Waals surface area contributed by atoms with Gasteiger partial charge in [0.05, 0.1) is 68.0 Å². The van der Waals surface area contributed by atoms with Gasteiger partial charge in [-0.1, -0.05) is 35.9 Å². The second kappa shape index (κ2) is 25.8. The summed E-state index contributed by atoms with van der Waals surface area (Å²) in [5, 5.41) is 15.5. The highest BCUT2D eigenvalue weighted by Crippen LogP contribution is 2.31. The number of rotatable bonds is 23. The molecule has 69 heavy (non-hydrogen) atoms. The number of nitrogens with one attached hydrogen (secondary N) is 5. The van der Waals surface area contributed by atoms with E-state index < -0.39 is 17.7 Å². The van der Waals surface area contributed by atoms with Gasteiger partial charge in [0, 0.05) is 90.0 Å². The van der Waals surface area contributed by atoms with E-state index in [2.05, 4.69) is 36.4 Å². The van der Waals surface area contributed by atoms with Gasteiger partial charge in [-0.2, -0.15) is 5.11 Å². The molecule has 0 saturated carbocycles. The fraction of sp³-hybridized carbons (Fsp3) is 0.286. The molecule has 2 aliphatic heterocycles. The summed E-state index contributed by atoms with van der Waals surface area (Å²) < 4.78 is 41.4. The number of carbonyl (C=O) groups excluding carboxylic acids is 4. The first kappa shape index (κ1) is 51.2. The number of aldehydes is 1. The molecule has 17 nitrogen and oxygen atoms in total. The molecular weight excluding hydrogens is 912 g/mol. The molecule has 1 atom stereocenters. The highest BCUT2D eigenvalue weighted by molar-refractivity contribution is 6.32. The Hall–Kier alpha value is -7.16. The van der Waals surface area contributed by atoms with E-state index in [9.17, 15) is 19.2 Å². The summed E-state index contributed by atoms with van der Waals surface area (Å²) in [7, 11) is 1.75. The summed E-state index contributed by atoms with van der Waals surface area (Å²) in [4.78, 5) is 63.5. The highest BCUT2D eigenvalue weighted by atomic mass is 35.5. The van der Waals surface area contributed by atoms with Gasteiger partial charge >= 0.3 is 0 Å². The Morgan fingerprint density at radius 1 is 0.986 bits per heavy atom. The normalized spacial score (nSPS) is 16.3. The molecule has 2 heterocycles. The number of carbonyl (C=O) groups is 4. The molecule has 3 amide bonds. The maximum Gasteiger partial charge on any atom is 0.243 e. The van der Waals surface area contributed by atoms with Crippen molar-refractivity contribution < 1.29 is 37.4 Å². The van der Waals surface area contributed by atoms with Gasteiger partial charge in [0.2, 0.25) is 17.7 Å². The molecule has 2 aliphatic rings. The van der Waals surface area contributed by atoms with Crippen molar-refractivity contribution in [3.63, 3.8) is 0 Å². The van der Waals surface area contributed by atoms with Crippen molar-refractivity contribution >= 4 is 70.4 Å². The number of fused-ring (bicyclic) bond motifs is 1. The van der Waals surface area contributed by atoms with Gasteiger partial charge in [-0.25, -0.2) is 24.3 Å². The van der Waals surface area contributed by atoms with Crippen molar-refractivity contribution in [2.75, 3.05) is 65.0 Å². The van der Waals surface area contributed by atoms with E-state index in [1.807, 2.05) is 0 Å². The van der Waals surface area contributed by atoms with Crippen molar-refractivity contribution in [3.05, 3.63) is 147 Å². The monoisotopic (exact) mass is 963 g/mol. The maximum absolute atomic E-state index is 15.1. The van der Waals surface area contributed by atoms with Crippen molar-refractivity contribution in [2.45, 2.75) is 31.8 Å². The molecule has 1 fully saturated rings. The third kappa shape index (κ3) is 14.4. The Morgan fingerprint density at radius 3 is 2.45 bits per heavy atom.